The van der Waals surface area contributed by atoms with Crippen LogP contribution in [0.5, 0.6) is 11.5 Å². The lowest BCUT2D eigenvalue weighted by Crippen LogP contribution is -2.05. The molecule has 5 heteroatoms. The smallest absolute Gasteiger partial charge is 0.306 e. The second-order valence-corrected chi connectivity index (χ2v) is 2.83. The number of hydrogen-bond donors (Lipinski definition) is 4. The fourth-order valence-electron chi connectivity index (χ4n) is 1.09. The van der Waals surface area contributed by atoms with E-state index in [4.69, 9.17) is 10.2 Å². The van der Waals surface area contributed by atoms with Crippen molar-refractivity contribution in [3.05, 3.63) is 23.8 Å². The van der Waals surface area contributed by atoms with Gasteiger partial charge in [-0.15, -0.1) is 0 Å². The summed E-state index contributed by atoms with van der Waals surface area (Å²) in [6.07, 6.45) is -1.84. The average Bonchev–Trinajstić information content (AvgIpc) is 2.08. The zero-order chi connectivity index (χ0) is 10.7. The fourth-order valence-corrected chi connectivity index (χ4v) is 1.09. The van der Waals surface area contributed by atoms with Gasteiger partial charge in [-0.3, -0.25) is 4.79 Å². The molecule has 4 N–H and O–H groups in total. The Morgan fingerprint density at radius 1 is 1.36 bits per heavy atom. The van der Waals surface area contributed by atoms with Crippen LogP contribution in [0.2, 0.25) is 0 Å². The molecule has 0 unspecified atom stereocenters. The number of aromatic hydroxyl groups is 2. The summed E-state index contributed by atoms with van der Waals surface area (Å²) in [4.78, 5) is 10.3. The quantitative estimate of drug-likeness (QED) is 0.533. The molecule has 0 saturated heterocycles. The highest BCUT2D eigenvalue weighted by Crippen LogP contribution is 2.33. The topological polar surface area (TPSA) is 98.0 Å². The monoisotopic (exact) mass is 198 g/mol. The Kier molecular flexibility index (Phi) is 2.93. The zero-order valence-corrected chi connectivity index (χ0v) is 7.21. The number of aliphatic carboxylic acids is 1. The summed E-state index contributed by atoms with van der Waals surface area (Å²) in [7, 11) is 0. The minimum Gasteiger partial charge on any atom is -0.504 e. The summed E-state index contributed by atoms with van der Waals surface area (Å²) in [5.74, 6) is -2.05. The molecule has 5 nitrogen and oxygen atoms in total. The first-order chi connectivity index (χ1) is 6.52. The van der Waals surface area contributed by atoms with Crippen LogP contribution in [0.4, 0.5) is 0 Å². The van der Waals surface area contributed by atoms with Gasteiger partial charge in [0.05, 0.1) is 12.5 Å². The summed E-state index contributed by atoms with van der Waals surface area (Å²) in [5.41, 5.74) is 0.00685. The van der Waals surface area contributed by atoms with Gasteiger partial charge in [-0.25, -0.2) is 0 Å². The van der Waals surface area contributed by atoms with E-state index in [1.54, 1.807) is 0 Å². The van der Waals surface area contributed by atoms with Crippen LogP contribution < -0.4 is 0 Å². The molecular weight excluding hydrogens is 188 g/mol. The van der Waals surface area contributed by atoms with Gasteiger partial charge in [-0.05, 0) is 6.07 Å². The molecule has 0 bridgehead atoms. The van der Waals surface area contributed by atoms with Crippen molar-refractivity contribution in [3.8, 4) is 11.5 Å². The number of phenols is 2. The predicted molar refractivity (Wildman–Crippen MR) is 47.0 cm³/mol. The van der Waals surface area contributed by atoms with Crippen molar-refractivity contribution in [2.45, 2.75) is 12.5 Å². The van der Waals surface area contributed by atoms with Crippen molar-refractivity contribution >= 4 is 5.97 Å². The van der Waals surface area contributed by atoms with Crippen LogP contribution in [-0.4, -0.2) is 26.4 Å². The molecule has 1 atom stereocenters. The summed E-state index contributed by atoms with van der Waals surface area (Å²) in [6.45, 7) is 0. The molecule has 0 amide bonds. The highest BCUT2D eigenvalue weighted by molar-refractivity contribution is 5.68. The van der Waals surface area contributed by atoms with Crippen molar-refractivity contribution in [2.24, 2.45) is 0 Å². The van der Waals surface area contributed by atoms with Gasteiger partial charge in [-0.2, -0.15) is 0 Å². The molecule has 14 heavy (non-hydrogen) atoms. The number of aliphatic hydroxyl groups is 1. The van der Waals surface area contributed by atoms with E-state index < -0.39 is 24.2 Å². The largest absolute Gasteiger partial charge is 0.504 e. The van der Waals surface area contributed by atoms with Crippen molar-refractivity contribution in [2.75, 3.05) is 0 Å². The van der Waals surface area contributed by atoms with Crippen LogP contribution in [0.25, 0.3) is 0 Å². The van der Waals surface area contributed by atoms with Crippen LogP contribution >= 0.6 is 0 Å². The van der Waals surface area contributed by atoms with E-state index in [2.05, 4.69) is 0 Å². The maximum atomic E-state index is 10.3. The molecule has 0 aliphatic rings. The van der Waals surface area contributed by atoms with E-state index in [0.29, 0.717) is 0 Å². The summed E-state index contributed by atoms with van der Waals surface area (Å²) < 4.78 is 0. The first-order valence-corrected chi connectivity index (χ1v) is 3.93. The van der Waals surface area contributed by atoms with E-state index in [1.807, 2.05) is 0 Å². The van der Waals surface area contributed by atoms with Crippen molar-refractivity contribution < 1.29 is 25.2 Å². The van der Waals surface area contributed by atoms with E-state index in [9.17, 15) is 15.0 Å². The number of carbonyl (C=O) groups is 1. The number of carboxylic acid groups (broad SMARTS) is 1. The Morgan fingerprint density at radius 2 is 2.00 bits per heavy atom. The molecule has 1 rings (SSSR count). The van der Waals surface area contributed by atoms with Crippen LogP contribution in [0.15, 0.2) is 18.2 Å². The Balaban J connectivity index is 2.95. The molecule has 0 spiro atoms. The number of benzene rings is 1. The first-order valence-electron chi connectivity index (χ1n) is 3.93. The maximum Gasteiger partial charge on any atom is 0.306 e. The third-order valence-corrected chi connectivity index (χ3v) is 1.77. The second-order valence-electron chi connectivity index (χ2n) is 2.83. The third-order valence-electron chi connectivity index (χ3n) is 1.77. The Labute approximate surface area is 79.9 Å². The van der Waals surface area contributed by atoms with Gasteiger partial charge in [0, 0.05) is 5.56 Å². The number of aliphatic hydroxyl groups excluding tert-OH is 1. The van der Waals surface area contributed by atoms with Gasteiger partial charge < -0.3 is 20.4 Å². The molecule has 0 aliphatic carbocycles. The van der Waals surface area contributed by atoms with Crippen molar-refractivity contribution in [1.82, 2.24) is 0 Å². The molecular formula is C9H10O5. The number of hydrogen-bond acceptors (Lipinski definition) is 4. The molecule has 0 aromatic heterocycles. The first kappa shape index (κ1) is 10.3. The molecule has 0 radical (unpaired) electrons. The van der Waals surface area contributed by atoms with Gasteiger partial charge in [0.2, 0.25) is 0 Å². The lowest BCUT2D eigenvalue weighted by Gasteiger charge is -2.10. The third kappa shape index (κ3) is 2.14. The number of rotatable bonds is 3. The molecule has 0 fully saturated rings. The number of para-hydroxylation sites is 1. The standard InChI is InChI=1S/C9H10O5/c10-6-3-1-2-5(9(6)14)7(11)4-8(12)13/h1-3,7,10-11,14H,4H2,(H,12,13)/t7-/m0/s1. The highest BCUT2D eigenvalue weighted by Gasteiger charge is 2.17. The summed E-state index contributed by atoms with van der Waals surface area (Å²) in [5, 5.41) is 36.1. The minimum atomic E-state index is -1.32. The zero-order valence-electron chi connectivity index (χ0n) is 7.21. The second kappa shape index (κ2) is 3.97. The normalized spacial score (nSPS) is 12.4. The maximum absolute atomic E-state index is 10.3. The van der Waals surface area contributed by atoms with E-state index in [0.717, 1.165) is 0 Å². The van der Waals surface area contributed by atoms with Crippen LogP contribution in [0.3, 0.4) is 0 Å². The Morgan fingerprint density at radius 3 is 2.57 bits per heavy atom. The van der Waals surface area contributed by atoms with Crippen molar-refractivity contribution in [3.63, 3.8) is 0 Å². The predicted octanol–water partition coefficient (Wildman–Crippen LogP) is 0.606. The van der Waals surface area contributed by atoms with Crippen LogP contribution in [0.1, 0.15) is 18.1 Å². The molecule has 0 heterocycles. The number of phenolic OH excluding ortho intramolecular Hbond substituents is 2. The summed E-state index contributed by atoms with van der Waals surface area (Å²) in [6, 6.07) is 4.00. The Hall–Kier alpha value is -1.75. The van der Waals surface area contributed by atoms with Crippen molar-refractivity contribution in [1.29, 1.82) is 0 Å². The lowest BCUT2D eigenvalue weighted by atomic mass is 10.1. The molecule has 1 aromatic carbocycles. The van der Waals surface area contributed by atoms with Gasteiger partial charge in [0.1, 0.15) is 0 Å². The lowest BCUT2D eigenvalue weighted by molar-refractivity contribution is -0.139. The molecule has 1 aromatic rings. The highest BCUT2D eigenvalue weighted by atomic mass is 16.4. The fraction of sp³-hybridized carbons (Fsp3) is 0.222. The van der Waals surface area contributed by atoms with Gasteiger partial charge >= 0.3 is 5.97 Å². The number of carboxylic acids is 1. The van der Waals surface area contributed by atoms with E-state index in [-0.39, 0.29) is 11.3 Å². The minimum absolute atomic E-state index is 0.00685. The van der Waals surface area contributed by atoms with Crippen LogP contribution in [-0.2, 0) is 4.79 Å². The van der Waals surface area contributed by atoms with Gasteiger partial charge in [0.25, 0.3) is 0 Å². The van der Waals surface area contributed by atoms with Crippen LogP contribution in [0, 0.1) is 0 Å². The molecule has 76 valence electrons. The van der Waals surface area contributed by atoms with Gasteiger partial charge in [-0.1, -0.05) is 12.1 Å². The van der Waals surface area contributed by atoms with E-state index >= 15 is 0 Å². The van der Waals surface area contributed by atoms with Gasteiger partial charge in [0.15, 0.2) is 11.5 Å². The average molecular weight is 198 g/mol. The molecule has 0 aliphatic heterocycles. The summed E-state index contributed by atoms with van der Waals surface area (Å²) >= 11 is 0. The molecule has 0 saturated carbocycles. The van der Waals surface area contributed by atoms with E-state index in [1.165, 1.54) is 18.2 Å². The SMILES string of the molecule is O=C(O)C[C@H](O)c1cccc(O)c1O. The Bertz CT molecular complexity index is 347.